The third kappa shape index (κ3) is 5.70. The van der Waals surface area contributed by atoms with E-state index in [0.29, 0.717) is 25.8 Å². The summed E-state index contributed by atoms with van der Waals surface area (Å²) in [4.78, 5) is 28.4. The molecular weight excluding hydrogens is 420 g/mol. The van der Waals surface area contributed by atoms with E-state index in [1.165, 1.54) is 10.8 Å². The van der Waals surface area contributed by atoms with Gasteiger partial charge in [-0.1, -0.05) is 103 Å². The molecule has 0 heterocycles. The highest BCUT2D eigenvalue weighted by Crippen LogP contribution is 2.21. The molecule has 0 bridgehead atoms. The molecular formula is C30H30N2O2. The number of rotatable bonds is 9. The van der Waals surface area contributed by atoms with E-state index in [9.17, 15) is 9.59 Å². The summed E-state index contributed by atoms with van der Waals surface area (Å²) in [7, 11) is 1.63. The van der Waals surface area contributed by atoms with Crippen LogP contribution in [0, 0.1) is 0 Å². The van der Waals surface area contributed by atoms with E-state index in [-0.39, 0.29) is 11.8 Å². The zero-order valence-corrected chi connectivity index (χ0v) is 19.5. The van der Waals surface area contributed by atoms with Crippen LogP contribution in [0.4, 0.5) is 0 Å². The minimum absolute atomic E-state index is 0.0266. The second kappa shape index (κ2) is 11.3. The largest absolute Gasteiger partial charge is 0.357 e. The average molecular weight is 451 g/mol. The van der Waals surface area contributed by atoms with Gasteiger partial charge in [-0.15, -0.1) is 0 Å². The van der Waals surface area contributed by atoms with Crippen molar-refractivity contribution in [1.82, 2.24) is 10.2 Å². The number of carbonyl (C=O) groups is 2. The maximum atomic E-state index is 13.7. The Morgan fingerprint density at radius 1 is 0.765 bits per heavy atom. The van der Waals surface area contributed by atoms with Crippen molar-refractivity contribution in [3.05, 3.63) is 120 Å². The lowest BCUT2D eigenvalue weighted by Crippen LogP contribution is -2.49. The molecule has 0 aliphatic heterocycles. The summed E-state index contributed by atoms with van der Waals surface area (Å²) in [5.41, 5.74) is 3.17. The number of benzene rings is 4. The number of hydrogen-bond donors (Lipinski definition) is 1. The number of nitrogens with one attached hydrogen (secondary N) is 1. The van der Waals surface area contributed by atoms with Crippen molar-refractivity contribution in [3.8, 4) is 0 Å². The minimum atomic E-state index is -0.590. The smallest absolute Gasteiger partial charge is 0.242 e. The summed E-state index contributed by atoms with van der Waals surface area (Å²) in [6.07, 6.45) is 1.42. The first-order valence-electron chi connectivity index (χ1n) is 11.7. The van der Waals surface area contributed by atoms with Crippen LogP contribution in [0.5, 0.6) is 0 Å². The van der Waals surface area contributed by atoms with Crippen molar-refractivity contribution in [1.29, 1.82) is 0 Å². The molecule has 1 unspecified atom stereocenters. The molecule has 0 radical (unpaired) electrons. The lowest BCUT2D eigenvalue weighted by Gasteiger charge is -2.31. The molecule has 1 atom stereocenters. The van der Waals surface area contributed by atoms with Crippen LogP contribution >= 0.6 is 0 Å². The predicted molar refractivity (Wildman–Crippen MR) is 137 cm³/mol. The molecule has 0 saturated carbocycles. The van der Waals surface area contributed by atoms with Gasteiger partial charge in [-0.25, -0.2) is 0 Å². The van der Waals surface area contributed by atoms with E-state index >= 15 is 0 Å². The topological polar surface area (TPSA) is 49.4 Å². The van der Waals surface area contributed by atoms with Crippen molar-refractivity contribution < 1.29 is 9.59 Å². The maximum Gasteiger partial charge on any atom is 0.242 e. The Hall–Kier alpha value is -3.92. The van der Waals surface area contributed by atoms with Crippen LogP contribution in [0.15, 0.2) is 103 Å². The number of fused-ring (bicyclic) bond motifs is 1. The van der Waals surface area contributed by atoms with E-state index in [1.54, 1.807) is 11.9 Å². The molecule has 4 aromatic rings. The van der Waals surface area contributed by atoms with Crippen LogP contribution < -0.4 is 5.32 Å². The molecule has 1 N–H and O–H groups in total. The number of likely N-dealkylation sites (N-methyl/N-ethyl adjacent to an activating group) is 1. The zero-order chi connectivity index (χ0) is 23.8. The van der Waals surface area contributed by atoms with Crippen molar-refractivity contribution in [2.45, 2.75) is 31.8 Å². The molecule has 34 heavy (non-hydrogen) atoms. The molecule has 4 aromatic carbocycles. The lowest BCUT2D eigenvalue weighted by molar-refractivity contribution is -0.141. The predicted octanol–water partition coefficient (Wildman–Crippen LogP) is 5.16. The van der Waals surface area contributed by atoms with Crippen molar-refractivity contribution in [3.63, 3.8) is 0 Å². The molecule has 4 heteroatoms. The third-order valence-corrected chi connectivity index (χ3v) is 6.20. The highest BCUT2D eigenvalue weighted by Gasteiger charge is 2.29. The van der Waals surface area contributed by atoms with E-state index in [2.05, 4.69) is 29.6 Å². The fourth-order valence-electron chi connectivity index (χ4n) is 4.40. The summed E-state index contributed by atoms with van der Waals surface area (Å²) in [6.45, 7) is 0.389. The second-order valence-electron chi connectivity index (χ2n) is 8.47. The molecule has 0 aromatic heterocycles. The Bertz CT molecular complexity index is 1230. The molecule has 0 spiro atoms. The van der Waals surface area contributed by atoms with Gasteiger partial charge < -0.3 is 10.2 Å². The normalized spacial score (nSPS) is 11.7. The van der Waals surface area contributed by atoms with Gasteiger partial charge in [-0.05, 0) is 33.9 Å². The Balaban J connectivity index is 1.60. The number of amides is 2. The summed E-state index contributed by atoms with van der Waals surface area (Å²) in [6, 6.07) is 33.6. The molecule has 2 amide bonds. The molecule has 4 rings (SSSR count). The fourth-order valence-corrected chi connectivity index (χ4v) is 4.40. The van der Waals surface area contributed by atoms with Crippen LogP contribution in [0.2, 0.25) is 0 Å². The lowest BCUT2D eigenvalue weighted by atomic mass is 9.99. The van der Waals surface area contributed by atoms with Gasteiger partial charge in [0, 0.05) is 26.4 Å². The Morgan fingerprint density at radius 2 is 1.38 bits per heavy atom. The van der Waals surface area contributed by atoms with Crippen molar-refractivity contribution >= 4 is 22.6 Å². The number of aryl methyl sites for hydroxylation is 1. The minimum Gasteiger partial charge on any atom is -0.357 e. The molecule has 0 aliphatic carbocycles. The van der Waals surface area contributed by atoms with Gasteiger partial charge in [0.05, 0.1) is 0 Å². The van der Waals surface area contributed by atoms with E-state index in [4.69, 9.17) is 0 Å². The average Bonchev–Trinajstić information content (AvgIpc) is 2.90. The number of hydrogen-bond acceptors (Lipinski definition) is 2. The van der Waals surface area contributed by atoms with E-state index in [0.717, 1.165) is 16.7 Å². The third-order valence-electron chi connectivity index (χ3n) is 6.20. The van der Waals surface area contributed by atoms with Crippen LogP contribution in [-0.4, -0.2) is 29.8 Å². The van der Waals surface area contributed by atoms with Crippen molar-refractivity contribution in [2.75, 3.05) is 7.05 Å². The first-order valence-corrected chi connectivity index (χ1v) is 11.7. The number of carbonyl (C=O) groups excluding carboxylic acids is 2. The summed E-state index contributed by atoms with van der Waals surface area (Å²) < 4.78 is 0. The summed E-state index contributed by atoms with van der Waals surface area (Å²) in [5, 5.41) is 5.11. The van der Waals surface area contributed by atoms with Gasteiger partial charge in [-0.3, -0.25) is 9.59 Å². The van der Waals surface area contributed by atoms with Crippen LogP contribution in [0.3, 0.4) is 0 Å². The SMILES string of the molecule is CNC(=O)C(Cc1ccccc1)N(Cc1ccccc1)C(=O)CCc1cccc2ccccc12. The number of nitrogens with zero attached hydrogens (tertiary/aromatic N) is 1. The van der Waals surface area contributed by atoms with Gasteiger partial charge in [0.25, 0.3) is 0 Å². The molecule has 0 saturated heterocycles. The first kappa shape index (κ1) is 23.2. The Labute approximate surface area is 201 Å². The highest BCUT2D eigenvalue weighted by atomic mass is 16.2. The van der Waals surface area contributed by atoms with E-state index < -0.39 is 6.04 Å². The van der Waals surface area contributed by atoms with Crippen molar-refractivity contribution in [2.24, 2.45) is 0 Å². The van der Waals surface area contributed by atoms with Crippen LogP contribution in [0.1, 0.15) is 23.1 Å². The molecule has 0 aliphatic rings. The van der Waals surface area contributed by atoms with E-state index in [1.807, 2.05) is 78.9 Å². The Morgan fingerprint density at radius 3 is 2.09 bits per heavy atom. The van der Waals surface area contributed by atoms with Crippen LogP contribution in [0.25, 0.3) is 10.8 Å². The van der Waals surface area contributed by atoms with Gasteiger partial charge in [0.2, 0.25) is 11.8 Å². The zero-order valence-electron chi connectivity index (χ0n) is 19.5. The maximum absolute atomic E-state index is 13.7. The van der Waals surface area contributed by atoms with Gasteiger partial charge in [-0.2, -0.15) is 0 Å². The summed E-state index contributed by atoms with van der Waals surface area (Å²) >= 11 is 0. The standard InChI is InChI=1S/C30H30N2O2/c1-31-30(34)28(21-23-11-4-2-5-12-23)32(22-24-13-6-3-7-14-24)29(33)20-19-26-17-10-16-25-15-8-9-18-27(25)26/h2-18,28H,19-22H2,1H3,(H,31,34). The fraction of sp³-hybridized carbons (Fsp3) is 0.200. The summed E-state index contributed by atoms with van der Waals surface area (Å²) in [5.74, 6) is -0.181. The monoisotopic (exact) mass is 450 g/mol. The van der Waals surface area contributed by atoms with Crippen LogP contribution in [-0.2, 0) is 29.0 Å². The quantitative estimate of drug-likeness (QED) is 0.383. The highest BCUT2D eigenvalue weighted by molar-refractivity contribution is 5.89. The van der Waals surface area contributed by atoms with Gasteiger partial charge in [0.15, 0.2) is 0 Å². The van der Waals surface area contributed by atoms with Gasteiger partial charge >= 0.3 is 0 Å². The first-order chi connectivity index (χ1) is 16.7. The molecule has 4 nitrogen and oxygen atoms in total. The Kier molecular flexibility index (Phi) is 7.71. The molecule has 172 valence electrons. The van der Waals surface area contributed by atoms with Gasteiger partial charge in [0.1, 0.15) is 6.04 Å². The second-order valence-corrected chi connectivity index (χ2v) is 8.47. The molecule has 0 fully saturated rings.